The molecule has 144 valence electrons. The van der Waals surface area contributed by atoms with Crippen molar-refractivity contribution in [2.75, 3.05) is 0 Å². The Morgan fingerprint density at radius 2 is 1.26 bits per heavy atom. The number of aromatic nitrogens is 1. The van der Waals surface area contributed by atoms with Crippen molar-refractivity contribution < 1.29 is 30.7 Å². The summed E-state index contributed by atoms with van der Waals surface area (Å²) in [6.07, 6.45) is -12.3. The molecule has 1 aromatic heterocycles. The molecule has 0 aliphatic rings. The summed E-state index contributed by atoms with van der Waals surface area (Å²) < 4.78 is 92.4. The largest absolute Gasteiger partial charge is 0.435 e. The van der Waals surface area contributed by atoms with Crippen LogP contribution < -0.4 is 0 Å². The maximum absolute atomic E-state index is 14.3. The molecule has 0 unspecified atom stereocenters. The number of hydrogen-bond acceptors (Lipinski definition) is 0. The van der Waals surface area contributed by atoms with Gasteiger partial charge in [0, 0.05) is 27.7 Å². The molecule has 3 aromatic rings. The molecule has 0 bridgehead atoms. The smallest absolute Gasteiger partial charge is 0.355 e. The third-order valence-electron chi connectivity index (χ3n) is 4.51. The second-order valence-electron chi connectivity index (χ2n) is 6.41. The fourth-order valence-corrected chi connectivity index (χ4v) is 3.28. The zero-order valence-electron chi connectivity index (χ0n) is 14.2. The van der Waals surface area contributed by atoms with E-state index in [2.05, 4.69) is 4.98 Å². The van der Waals surface area contributed by atoms with Crippen LogP contribution in [0.2, 0.25) is 0 Å². The first-order chi connectivity index (χ1) is 12.4. The van der Waals surface area contributed by atoms with Crippen molar-refractivity contribution in [1.29, 1.82) is 0 Å². The van der Waals surface area contributed by atoms with Crippen molar-refractivity contribution in [2.24, 2.45) is 0 Å². The van der Waals surface area contributed by atoms with Gasteiger partial charge in [0.15, 0.2) is 0 Å². The molecule has 0 saturated heterocycles. The Hall–Kier alpha value is -2.51. The van der Waals surface area contributed by atoms with Crippen LogP contribution in [0.15, 0.2) is 42.5 Å². The summed E-state index contributed by atoms with van der Waals surface area (Å²) in [7, 11) is 0. The quantitative estimate of drug-likeness (QED) is 0.467. The molecular formula is C19H14F7N. The van der Waals surface area contributed by atoms with E-state index in [9.17, 15) is 30.7 Å². The Labute approximate surface area is 149 Å². The fourth-order valence-electron chi connectivity index (χ4n) is 3.28. The van der Waals surface area contributed by atoms with E-state index in [0.29, 0.717) is 23.4 Å². The van der Waals surface area contributed by atoms with Crippen molar-refractivity contribution in [3.8, 4) is 11.3 Å². The standard InChI is InChI=1S/C19H14F7N/c1-10-7-13(17(20,18(21,22)23)19(24,25)26)8-11(2)16(10)15-9-12-5-3-4-6-14(12)27-15/h3-9,27H,1-2H3. The van der Waals surface area contributed by atoms with E-state index in [0.717, 1.165) is 10.9 Å². The number of benzene rings is 2. The van der Waals surface area contributed by atoms with Crippen LogP contribution in [0.1, 0.15) is 16.7 Å². The summed E-state index contributed by atoms with van der Waals surface area (Å²) in [5, 5.41) is 0.834. The molecule has 0 saturated carbocycles. The second-order valence-corrected chi connectivity index (χ2v) is 6.41. The first-order valence-electron chi connectivity index (χ1n) is 7.88. The van der Waals surface area contributed by atoms with Gasteiger partial charge >= 0.3 is 18.0 Å². The summed E-state index contributed by atoms with van der Waals surface area (Å²) in [6.45, 7) is 2.70. The van der Waals surface area contributed by atoms with Crippen molar-refractivity contribution >= 4 is 10.9 Å². The SMILES string of the molecule is Cc1cc(C(F)(C(F)(F)F)C(F)(F)F)cc(C)c1-c1cc2ccccc2[nH]1. The highest BCUT2D eigenvalue weighted by atomic mass is 19.4. The van der Waals surface area contributed by atoms with Gasteiger partial charge in [-0.3, -0.25) is 0 Å². The molecule has 1 heterocycles. The maximum Gasteiger partial charge on any atom is 0.435 e. The number of nitrogens with one attached hydrogen (secondary N) is 1. The number of aryl methyl sites for hydroxylation is 2. The van der Waals surface area contributed by atoms with Crippen molar-refractivity contribution in [3.05, 3.63) is 59.2 Å². The van der Waals surface area contributed by atoms with Crippen LogP contribution in [0.4, 0.5) is 30.7 Å². The Balaban J connectivity index is 2.20. The predicted octanol–water partition coefficient (Wildman–Crippen LogP) is 6.74. The van der Waals surface area contributed by atoms with Gasteiger partial charge in [0.2, 0.25) is 0 Å². The van der Waals surface area contributed by atoms with Crippen LogP contribution in [0.3, 0.4) is 0 Å². The molecule has 1 N–H and O–H groups in total. The van der Waals surface area contributed by atoms with E-state index in [4.69, 9.17) is 0 Å². The van der Waals surface area contributed by atoms with Crippen LogP contribution in [0.5, 0.6) is 0 Å². The van der Waals surface area contributed by atoms with Gasteiger partial charge in [-0.15, -0.1) is 0 Å². The molecule has 8 heteroatoms. The van der Waals surface area contributed by atoms with Gasteiger partial charge in [0.1, 0.15) is 0 Å². The number of hydrogen-bond donors (Lipinski definition) is 1. The van der Waals surface area contributed by atoms with Gasteiger partial charge in [0.05, 0.1) is 0 Å². The number of H-pyrrole nitrogens is 1. The summed E-state index contributed by atoms with van der Waals surface area (Å²) in [6, 6.07) is 10.1. The van der Waals surface area contributed by atoms with Crippen molar-refractivity contribution in [3.63, 3.8) is 0 Å². The van der Waals surface area contributed by atoms with Crippen LogP contribution >= 0.6 is 0 Å². The normalized spacial score (nSPS) is 13.4. The van der Waals surface area contributed by atoms with Gasteiger partial charge in [-0.2, -0.15) is 26.3 Å². The Bertz CT molecular complexity index is 925. The molecular weight excluding hydrogens is 375 g/mol. The van der Waals surface area contributed by atoms with E-state index in [-0.39, 0.29) is 11.1 Å². The molecule has 0 atom stereocenters. The Kier molecular flexibility index (Phi) is 4.28. The molecule has 27 heavy (non-hydrogen) atoms. The fraction of sp³-hybridized carbons (Fsp3) is 0.263. The van der Waals surface area contributed by atoms with E-state index >= 15 is 0 Å². The van der Waals surface area contributed by atoms with Gasteiger partial charge < -0.3 is 4.98 Å². The average Bonchev–Trinajstić information content (AvgIpc) is 2.94. The van der Waals surface area contributed by atoms with E-state index in [1.807, 2.05) is 6.07 Å². The number of alkyl halides is 7. The van der Waals surface area contributed by atoms with E-state index < -0.39 is 23.6 Å². The number of aromatic amines is 1. The van der Waals surface area contributed by atoms with Gasteiger partial charge in [-0.05, 0) is 37.1 Å². The molecule has 1 nitrogen and oxygen atoms in total. The summed E-state index contributed by atoms with van der Waals surface area (Å²) in [4.78, 5) is 3.07. The molecule has 0 aliphatic carbocycles. The third-order valence-corrected chi connectivity index (χ3v) is 4.51. The highest BCUT2D eigenvalue weighted by molar-refractivity contribution is 5.87. The zero-order valence-corrected chi connectivity index (χ0v) is 14.2. The minimum absolute atomic E-state index is 0.104. The minimum atomic E-state index is -6.13. The minimum Gasteiger partial charge on any atom is -0.355 e. The number of fused-ring (bicyclic) bond motifs is 1. The van der Waals surface area contributed by atoms with E-state index in [1.165, 1.54) is 13.8 Å². The Morgan fingerprint density at radius 3 is 1.74 bits per heavy atom. The first kappa shape index (κ1) is 19.3. The zero-order chi connectivity index (χ0) is 20.2. The molecule has 3 rings (SSSR count). The first-order valence-corrected chi connectivity index (χ1v) is 7.88. The van der Waals surface area contributed by atoms with E-state index in [1.54, 1.807) is 24.3 Å². The van der Waals surface area contributed by atoms with Crippen LogP contribution in [-0.2, 0) is 5.67 Å². The molecule has 0 fully saturated rings. The molecule has 0 spiro atoms. The predicted molar refractivity (Wildman–Crippen MR) is 88.1 cm³/mol. The highest BCUT2D eigenvalue weighted by Gasteiger charge is 2.73. The lowest BCUT2D eigenvalue weighted by Gasteiger charge is -2.31. The monoisotopic (exact) mass is 389 g/mol. The number of halogens is 7. The van der Waals surface area contributed by atoms with Gasteiger partial charge in [-0.25, -0.2) is 4.39 Å². The molecule has 0 amide bonds. The van der Waals surface area contributed by atoms with Crippen LogP contribution in [0.25, 0.3) is 22.2 Å². The molecule has 0 radical (unpaired) electrons. The number of rotatable bonds is 2. The second kappa shape index (κ2) is 6.00. The Morgan fingerprint density at radius 1 is 0.741 bits per heavy atom. The van der Waals surface area contributed by atoms with Gasteiger partial charge in [-0.1, -0.05) is 30.3 Å². The van der Waals surface area contributed by atoms with Crippen molar-refractivity contribution in [2.45, 2.75) is 31.9 Å². The van der Waals surface area contributed by atoms with Gasteiger partial charge in [0.25, 0.3) is 0 Å². The summed E-state index contributed by atoms with van der Waals surface area (Å²) in [5.74, 6) is 0. The lowest BCUT2D eigenvalue weighted by Crippen LogP contribution is -2.50. The maximum atomic E-state index is 14.3. The topological polar surface area (TPSA) is 15.8 Å². The summed E-state index contributed by atoms with van der Waals surface area (Å²) in [5.41, 5.74) is -4.98. The average molecular weight is 389 g/mol. The van der Waals surface area contributed by atoms with Crippen molar-refractivity contribution in [1.82, 2.24) is 4.98 Å². The molecule has 0 aliphatic heterocycles. The lowest BCUT2D eigenvalue weighted by atomic mass is 9.88. The molecule has 2 aromatic carbocycles. The highest BCUT2D eigenvalue weighted by Crippen LogP contribution is 2.53. The van der Waals surface area contributed by atoms with Crippen LogP contribution in [-0.4, -0.2) is 17.3 Å². The summed E-state index contributed by atoms with van der Waals surface area (Å²) >= 11 is 0. The number of para-hydroxylation sites is 1. The van der Waals surface area contributed by atoms with Crippen LogP contribution in [0, 0.1) is 13.8 Å². The third kappa shape index (κ3) is 2.96. The lowest BCUT2D eigenvalue weighted by molar-refractivity contribution is -0.348.